The third-order valence-electron chi connectivity index (χ3n) is 1.70. The molecule has 72 valence electrons. The summed E-state index contributed by atoms with van der Waals surface area (Å²) in [7, 11) is 0. The maximum absolute atomic E-state index is 10.5. The maximum Gasteiger partial charge on any atom is 0.410 e. The summed E-state index contributed by atoms with van der Waals surface area (Å²) in [5.74, 6) is 0. The van der Waals surface area contributed by atoms with E-state index in [4.69, 9.17) is 22.1 Å². The summed E-state index contributed by atoms with van der Waals surface area (Å²) in [6.45, 7) is 0. The molecule has 0 bridgehead atoms. The van der Waals surface area contributed by atoms with Crippen molar-refractivity contribution in [1.29, 1.82) is 0 Å². The largest absolute Gasteiger partial charge is 0.410 e. The molecule has 0 spiro atoms. The number of rotatable bonds is 1. The van der Waals surface area contributed by atoms with E-state index in [1.807, 2.05) is 24.3 Å². The van der Waals surface area contributed by atoms with Crippen molar-refractivity contribution in [2.75, 3.05) is 0 Å². The van der Waals surface area contributed by atoms with E-state index in [0.29, 0.717) is 10.1 Å². The summed E-state index contributed by atoms with van der Waals surface area (Å²) in [5, 5.41) is 1.65. The molecule has 0 radical (unpaired) electrons. The summed E-state index contributed by atoms with van der Waals surface area (Å²) in [5.41, 5.74) is 4.90. The standard InChI is InChI=1S/C9H6ClNO2S/c10-7-5-3-1-2-4-6(5)14-8(7)13-9(11)12/h1-4H,(H2,11,12). The molecule has 0 saturated heterocycles. The highest BCUT2D eigenvalue weighted by Crippen LogP contribution is 2.41. The number of ether oxygens (including phenoxy) is 1. The van der Waals surface area contributed by atoms with Gasteiger partial charge in [-0.05, 0) is 6.07 Å². The minimum absolute atomic E-state index is 0.348. The predicted molar refractivity (Wildman–Crippen MR) is 57.0 cm³/mol. The first-order valence-corrected chi connectivity index (χ1v) is 5.02. The highest BCUT2D eigenvalue weighted by Gasteiger charge is 2.12. The van der Waals surface area contributed by atoms with Crippen molar-refractivity contribution in [3.63, 3.8) is 0 Å². The molecule has 0 fully saturated rings. The van der Waals surface area contributed by atoms with E-state index in [0.717, 1.165) is 10.1 Å². The number of hydrogen-bond acceptors (Lipinski definition) is 3. The van der Waals surface area contributed by atoms with Crippen LogP contribution in [0.4, 0.5) is 4.79 Å². The molecule has 0 atom stereocenters. The van der Waals surface area contributed by atoms with E-state index in [-0.39, 0.29) is 0 Å². The molecule has 1 amide bonds. The first kappa shape index (κ1) is 9.30. The number of carbonyl (C=O) groups excluding carboxylic acids is 1. The summed E-state index contributed by atoms with van der Waals surface area (Å²) in [4.78, 5) is 10.5. The van der Waals surface area contributed by atoms with Gasteiger partial charge in [0.2, 0.25) is 5.06 Å². The molecule has 0 saturated carbocycles. The Morgan fingerprint density at radius 3 is 2.79 bits per heavy atom. The highest BCUT2D eigenvalue weighted by atomic mass is 35.5. The van der Waals surface area contributed by atoms with Gasteiger partial charge in [0.25, 0.3) is 0 Å². The Labute approximate surface area is 89.0 Å². The van der Waals surface area contributed by atoms with Gasteiger partial charge in [-0.1, -0.05) is 41.1 Å². The van der Waals surface area contributed by atoms with Crippen molar-refractivity contribution in [3.05, 3.63) is 29.3 Å². The zero-order valence-electron chi connectivity index (χ0n) is 6.99. The van der Waals surface area contributed by atoms with Crippen LogP contribution < -0.4 is 10.5 Å². The van der Waals surface area contributed by atoms with E-state index in [1.165, 1.54) is 11.3 Å². The smallest absolute Gasteiger partial charge is 0.398 e. The molecule has 2 rings (SSSR count). The lowest BCUT2D eigenvalue weighted by Crippen LogP contribution is -2.15. The fourth-order valence-electron chi connectivity index (χ4n) is 1.15. The molecule has 1 aromatic heterocycles. The first-order chi connectivity index (χ1) is 6.68. The van der Waals surface area contributed by atoms with Gasteiger partial charge >= 0.3 is 6.09 Å². The van der Waals surface area contributed by atoms with E-state index in [2.05, 4.69) is 0 Å². The highest BCUT2D eigenvalue weighted by molar-refractivity contribution is 7.21. The third kappa shape index (κ3) is 1.54. The number of nitrogens with two attached hydrogens (primary N) is 1. The Kier molecular flexibility index (Phi) is 2.31. The van der Waals surface area contributed by atoms with E-state index < -0.39 is 6.09 Å². The molecule has 2 aromatic rings. The van der Waals surface area contributed by atoms with E-state index in [9.17, 15) is 4.79 Å². The molecular formula is C9H6ClNO2S. The molecule has 5 heteroatoms. The van der Waals surface area contributed by atoms with Gasteiger partial charge in [0.15, 0.2) is 0 Å². The van der Waals surface area contributed by atoms with Crippen LogP contribution in [-0.4, -0.2) is 6.09 Å². The zero-order chi connectivity index (χ0) is 10.1. The molecular weight excluding hydrogens is 222 g/mol. The average molecular weight is 228 g/mol. The van der Waals surface area contributed by atoms with Crippen LogP contribution in [0.25, 0.3) is 10.1 Å². The maximum atomic E-state index is 10.5. The fraction of sp³-hybridized carbons (Fsp3) is 0. The second-order valence-electron chi connectivity index (χ2n) is 2.62. The lowest BCUT2D eigenvalue weighted by Gasteiger charge is -1.95. The number of benzene rings is 1. The Hall–Kier alpha value is -1.26. The lowest BCUT2D eigenvalue weighted by molar-refractivity contribution is 0.212. The number of hydrogen-bond donors (Lipinski definition) is 1. The second-order valence-corrected chi connectivity index (χ2v) is 4.01. The molecule has 0 aliphatic rings. The van der Waals surface area contributed by atoms with Crippen LogP contribution in [0.15, 0.2) is 24.3 Å². The van der Waals surface area contributed by atoms with Crippen molar-refractivity contribution >= 4 is 39.1 Å². The van der Waals surface area contributed by atoms with Gasteiger partial charge in [-0.3, -0.25) is 0 Å². The molecule has 1 aromatic carbocycles. The van der Waals surface area contributed by atoms with Gasteiger partial charge in [-0.25, -0.2) is 4.79 Å². The number of fused-ring (bicyclic) bond motifs is 1. The third-order valence-corrected chi connectivity index (χ3v) is 3.23. The van der Waals surface area contributed by atoms with Crippen LogP contribution in [0.2, 0.25) is 5.02 Å². The fourth-order valence-corrected chi connectivity index (χ4v) is 2.47. The van der Waals surface area contributed by atoms with E-state index >= 15 is 0 Å². The summed E-state index contributed by atoms with van der Waals surface area (Å²) >= 11 is 7.28. The van der Waals surface area contributed by atoms with Gasteiger partial charge in [0.05, 0.1) is 0 Å². The van der Waals surface area contributed by atoms with Crippen LogP contribution in [0.1, 0.15) is 0 Å². The first-order valence-electron chi connectivity index (χ1n) is 3.83. The minimum atomic E-state index is -0.849. The van der Waals surface area contributed by atoms with Crippen LogP contribution in [0, 0.1) is 0 Å². The van der Waals surface area contributed by atoms with Crippen molar-refractivity contribution in [2.45, 2.75) is 0 Å². The van der Waals surface area contributed by atoms with Crippen molar-refractivity contribution in [1.82, 2.24) is 0 Å². The summed E-state index contributed by atoms with van der Waals surface area (Å²) < 4.78 is 5.72. The van der Waals surface area contributed by atoms with E-state index in [1.54, 1.807) is 0 Å². The molecule has 0 unspecified atom stereocenters. The monoisotopic (exact) mass is 227 g/mol. The Bertz CT molecular complexity index is 495. The quantitative estimate of drug-likeness (QED) is 0.814. The number of primary amides is 1. The summed E-state index contributed by atoms with van der Waals surface area (Å²) in [6.07, 6.45) is -0.849. The molecule has 2 N–H and O–H groups in total. The van der Waals surface area contributed by atoms with Gasteiger partial charge in [-0.15, -0.1) is 0 Å². The van der Waals surface area contributed by atoms with Crippen LogP contribution >= 0.6 is 22.9 Å². The molecule has 0 aliphatic heterocycles. The Morgan fingerprint density at radius 2 is 2.14 bits per heavy atom. The molecule has 1 heterocycles. The van der Waals surface area contributed by atoms with Gasteiger partial charge in [-0.2, -0.15) is 0 Å². The normalized spacial score (nSPS) is 10.4. The van der Waals surface area contributed by atoms with Crippen LogP contribution in [0.3, 0.4) is 0 Å². The average Bonchev–Trinajstić information content (AvgIpc) is 2.44. The molecule has 0 aliphatic carbocycles. The van der Waals surface area contributed by atoms with Gasteiger partial charge < -0.3 is 10.5 Å². The molecule has 3 nitrogen and oxygen atoms in total. The zero-order valence-corrected chi connectivity index (χ0v) is 8.56. The predicted octanol–water partition coefficient (Wildman–Crippen LogP) is 3.01. The Balaban J connectivity index is 2.57. The Morgan fingerprint density at radius 1 is 1.43 bits per heavy atom. The summed E-state index contributed by atoms with van der Waals surface area (Å²) in [6, 6.07) is 7.53. The number of halogens is 1. The van der Waals surface area contributed by atoms with Crippen molar-refractivity contribution in [2.24, 2.45) is 5.73 Å². The number of thiophene rings is 1. The van der Waals surface area contributed by atoms with Crippen molar-refractivity contribution in [3.8, 4) is 5.06 Å². The molecule has 14 heavy (non-hydrogen) atoms. The topological polar surface area (TPSA) is 52.3 Å². The number of carbonyl (C=O) groups is 1. The minimum Gasteiger partial charge on any atom is -0.398 e. The lowest BCUT2D eigenvalue weighted by atomic mass is 10.3. The SMILES string of the molecule is NC(=O)Oc1sc2ccccc2c1Cl. The van der Waals surface area contributed by atoms with Gasteiger partial charge in [0, 0.05) is 10.1 Å². The second kappa shape index (κ2) is 3.48. The van der Waals surface area contributed by atoms with Gasteiger partial charge in [0.1, 0.15) is 5.02 Å². The van der Waals surface area contributed by atoms with Crippen LogP contribution in [-0.2, 0) is 0 Å². The van der Waals surface area contributed by atoms with Crippen LogP contribution in [0.5, 0.6) is 5.06 Å². The van der Waals surface area contributed by atoms with Crippen molar-refractivity contribution < 1.29 is 9.53 Å². The number of amides is 1.